The van der Waals surface area contributed by atoms with E-state index in [0.29, 0.717) is 33.7 Å². The van der Waals surface area contributed by atoms with Crippen molar-refractivity contribution in [1.82, 2.24) is 0 Å². The van der Waals surface area contributed by atoms with Gasteiger partial charge >= 0.3 is 5.69 Å². The standard InChI is InChI=1S/C14H13Cl2N3O2/c1-2-17-12-4-3-5-13(14(12)19(20)21)18-9-6-7-10(15)11(16)8-9/h3-8,17-18H,2H2,1H3. The Hall–Kier alpha value is -1.98. The highest BCUT2D eigenvalue weighted by atomic mass is 35.5. The van der Waals surface area contributed by atoms with Gasteiger partial charge in [0.2, 0.25) is 0 Å². The van der Waals surface area contributed by atoms with E-state index >= 15 is 0 Å². The zero-order valence-corrected chi connectivity index (χ0v) is 12.7. The smallest absolute Gasteiger partial charge is 0.315 e. The Bertz CT molecular complexity index is 677. The minimum Gasteiger partial charge on any atom is -0.380 e. The van der Waals surface area contributed by atoms with E-state index in [-0.39, 0.29) is 5.69 Å². The molecular weight excluding hydrogens is 313 g/mol. The molecule has 0 radical (unpaired) electrons. The second kappa shape index (κ2) is 6.65. The third-order valence-electron chi connectivity index (χ3n) is 2.78. The highest BCUT2D eigenvalue weighted by molar-refractivity contribution is 6.42. The summed E-state index contributed by atoms with van der Waals surface area (Å²) < 4.78 is 0. The predicted octanol–water partition coefficient (Wildman–Crippen LogP) is 5.08. The fourth-order valence-corrected chi connectivity index (χ4v) is 2.20. The molecule has 2 N–H and O–H groups in total. The fraction of sp³-hybridized carbons (Fsp3) is 0.143. The normalized spacial score (nSPS) is 10.2. The van der Waals surface area contributed by atoms with E-state index in [9.17, 15) is 10.1 Å². The van der Waals surface area contributed by atoms with Gasteiger partial charge < -0.3 is 10.6 Å². The first-order valence-corrected chi connectivity index (χ1v) is 7.02. The van der Waals surface area contributed by atoms with Crippen LogP contribution in [0.15, 0.2) is 36.4 Å². The van der Waals surface area contributed by atoms with E-state index in [1.165, 1.54) is 0 Å². The first-order chi connectivity index (χ1) is 10.0. The second-order valence-electron chi connectivity index (χ2n) is 4.24. The van der Waals surface area contributed by atoms with Gasteiger partial charge in [0.15, 0.2) is 0 Å². The van der Waals surface area contributed by atoms with Crippen LogP contribution >= 0.6 is 23.2 Å². The molecule has 0 aliphatic heterocycles. The molecule has 0 aromatic heterocycles. The Kier molecular flexibility index (Phi) is 4.88. The first-order valence-electron chi connectivity index (χ1n) is 6.26. The van der Waals surface area contributed by atoms with Crippen LogP contribution in [0.4, 0.5) is 22.7 Å². The van der Waals surface area contributed by atoms with Gasteiger partial charge in [-0.05, 0) is 37.3 Å². The molecule has 2 aromatic carbocycles. The van der Waals surface area contributed by atoms with Crippen molar-refractivity contribution in [2.45, 2.75) is 6.92 Å². The lowest BCUT2D eigenvalue weighted by Crippen LogP contribution is -2.04. The van der Waals surface area contributed by atoms with Crippen LogP contribution in [0.1, 0.15) is 6.92 Å². The van der Waals surface area contributed by atoms with Crippen LogP contribution in [-0.2, 0) is 0 Å². The number of rotatable bonds is 5. The average molecular weight is 326 g/mol. The van der Waals surface area contributed by atoms with Crippen LogP contribution in [0.25, 0.3) is 0 Å². The third-order valence-corrected chi connectivity index (χ3v) is 3.52. The van der Waals surface area contributed by atoms with Crippen LogP contribution in [0.5, 0.6) is 0 Å². The number of hydrogen-bond acceptors (Lipinski definition) is 4. The molecule has 0 saturated heterocycles. The summed E-state index contributed by atoms with van der Waals surface area (Å²) in [5.41, 5.74) is 1.47. The SMILES string of the molecule is CCNc1cccc(Nc2ccc(Cl)c(Cl)c2)c1[N+](=O)[O-]. The molecule has 0 atom stereocenters. The molecule has 0 aliphatic carbocycles. The molecule has 0 fully saturated rings. The second-order valence-corrected chi connectivity index (χ2v) is 5.06. The number of nitrogens with zero attached hydrogens (tertiary/aromatic N) is 1. The molecule has 0 saturated carbocycles. The molecule has 21 heavy (non-hydrogen) atoms. The molecule has 0 spiro atoms. The number of para-hydroxylation sites is 1. The topological polar surface area (TPSA) is 67.2 Å². The van der Waals surface area contributed by atoms with E-state index in [0.717, 1.165) is 0 Å². The van der Waals surface area contributed by atoms with Crippen LogP contribution < -0.4 is 10.6 Å². The summed E-state index contributed by atoms with van der Waals surface area (Å²) in [5.74, 6) is 0. The lowest BCUT2D eigenvalue weighted by Gasteiger charge is -2.11. The Morgan fingerprint density at radius 1 is 1.14 bits per heavy atom. The number of nitro benzene ring substituents is 1. The number of anilines is 3. The summed E-state index contributed by atoms with van der Waals surface area (Å²) in [4.78, 5) is 10.9. The van der Waals surface area contributed by atoms with Crippen LogP contribution in [0.3, 0.4) is 0 Å². The monoisotopic (exact) mass is 325 g/mol. The van der Waals surface area contributed by atoms with E-state index in [2.05, 4.69) is 10.6 Å². The van der Waals surface area contributed by atoms with E-state index in [1.807, 2.05) is 6.92 Å². The Balaban J connectivity index is 2.41. The van der Waals surface area contributed by atoms with Gasteiger partial charge in [0, 0.05) is 12.2 Å². The molecule has 7 heteroatoms. The minimum atomic E-state index is -0.419. The van der Waals surface area contributed by atoms with Gasteiger partial charge in [-0.15, -0.1) is 0 Å². The maximum atomic E-state index is 11.3. The maximum Gasteiger partial charge on any atom is 0.315 e. The lowest BCUT2D eigenvalue weighted by molar-refractivity contribution is -0.383. The van der Waals surface area contributed by atoms with Crippen molar-refractivity contribution in [2.75, 3.05) is 17.2 Å². The third kappa shape index (κ3) is 3.56. The van der Waals surface area contributed by atoms with Crippen molar-refractivity contribution in [1.29, 1.82) is 0 Å². The Morgan fingerprint density at radius 2 is 1.86 bits per heavy atom. The molecule has 2 rings (SSSR count). The molecular formula is C14H13Cl2N3O2. The van der Waals surface area contributed by atoms with E-state index < -0.39 is 4.92 Å². The highest BCUT2D eigenvalue weighted by Crippen LogP contribution is 2.35. The number of nitro groups is 1. The summed E-state index contributed by atoms with van der Waals surface area (Å²) in [6.07, 6.45) is 0. The highest BCUT2D eigenvalue weighted by Gasteiger charge is 2.19. The van der Waals surface area contributed by atoms with Crippen molar-refractivity contribution in [3.8, 4) is 0 Å². The van der Waals surface area contributed by atoms with Gasteiger partial charge in [-0.2, -0.15) is 0 Å². The minimum absolute atomic E-state index is 0.00887. The summed E-state index contributed by atoms with van der Waals surface area (Å²) in [6.45, 7) is 2.47. The Labute approximate surface area is 132 Å². The molecule has 110 valence electrons. The zero-order valence-electron chi connectivity index (χ0n) is 11.2. The number of nitrogens with one attached hydrogen (secondary N) is 2. The van der Waals surface area contributed by atoms with Crippen molar-refractivity contribution >= 4 is 46.0 Å². The molecule has 0 aliphatic rings. The van der Waals surface area contributed by atoms with Gasteiger partial charge in [0.05, 0.1) is 15.0 Å². The van der Waals surface area contributed by atoms with Crippen molar-refractivity contribution in [2.24, 2.45) is 0 Å². The van der Waals surface area contributed by atoms with Crippen molar-refractivity contribution in [3.05, 3.63) is 56.6 Å². The zero-order chi connectivity index (χ0) is 15.4. The van der Waals surface area contributed by atoms with E-state index in [4.69, 9.17) is 23.2 Å². The van der Waals surface area contributed by atoms with Gasteiger partial charge in [-0.25, -0.2) is 0 Å². The fourth-order valence-electron chi connectivity index (χ4n) is 1.90. The van der Waals surface area contributed by atoms with Gasteiger partial charge in [0.1, 0.15) is 11.4 Å². The van der Waals surface area contributed by atoms with Crippen LogP contribution in [0, 0.1) is 10.1 Å². The number of halogens is 2. The van der Waals surface area contributed by atoms with Crippen LogP contribution in [0.2, 0.25) is 10.0 Å². The largest absolute Gasteiger partial charge is 0.380 e. The lowest BCUT2D eigenvalue weighted by atomic mass is 10.2. The molecule has 2 aromatic rings. The molecule has 0 amide bonds. The van der Waals surface area contributed by atoms with Crippen LogP contribution in [-0.4, -0.2) is 11.5 Å². The van der Waals surface area contributed by atoms with Gasteiger partial charge in [0.25, 0.3) is 0 Å². The predicted molar refractivity (Wildman–Crippen MR) is 87.0 cm³/mol. The molecule has 5 nitrogen and oxygen atoms in total. The van der Waals surface area contributed by atoms with Gasteiger partial charge in [-0.3, -0.25) is 10.1 Å². The molecule has 0 unspecified atom stereocenters. The van der Waals surface area contributed by atoms with Crippen molar-refractivity contribution < 1.29 is 4.92 Å². The number of hydrogen-bond donors (Lipinski definition) is 2. The summed E-state index contributed by atoms with van der Waals surface area (Å²) in [5, 5.41) is 18.1. The average Bonchev–Trinajstić information content (AvgIpc) is 2.43. The molecule has 0 heterocycles. The molecule has 0 bridgehead atoms. The van der Waals surface area contributed by atoms with Gasteiger partial charge in [-0.1, -0.05) is 29.3 Å². The van der Waals surface area contributed by atoms with E-state index in [1.54, 1.807) is 36.4 Å². The number of benzene rings is 2. The quantitative estimate of drug-likeness (QED) is 0.594. The van der Waals surface area contributed by atoms with Crippen molar-refractivity contribution in [3.63, 3.8) is 0 Å². The Morgan fingerprint density at radius 3 is 2.48 bits per heavy atom. The summed E-state index contributed by atoms with van der Waals surface area (Å²) in [7, 11) is 0. The summed E-state index contributed by atoms with van der Waals surface area (Å²) in [6, 6.07) is 10.0. The summed E-state index contributed by atoms with van der Waals surface area (Å²) >= 11 is 11.8. The maximum absolute atomic E-state index is 11.3. The first kappa shape index (κ1) is 15.4.